The molecule has 0 saturated heterocycles. The molecule has 1 atom stereocenters. The van der Waals surface area contributed by atoms with Crippen molar-refractivity contribution < 1.29 is 23.1 Å². The highest BCUT2D eigenvalue weighted by Crippen LogP contribution is 2.31. The molecule has 1 N–H and O–H groups in total. The van der Waals surface area contributed by atoms with Gasteiger partial charge < -0.3 is 10.0 Å². The average Bonchev–Trinajstić information content (AvgIpc) is 2.15. The van der Waals surface area contributed by atoms with Crippen LogP contribution in [0.25, 0.3) is 0 Å². The molecule has 0 aromatic carbocycles. The molecule has 68 valence electrons. The highest BCUT2D eigenvalue weighted by atomic mass is 19.4. The number of nitrogens with zero attached hydrogens (tertiary/aromatic N) is 1. The Morgan fingerprint density at radius 3 is 2.25 bits per heavy atom. The summed E-state index contributed by atoms with van der Waals surface area (Å²) in [7, 11) is 1.10. The molecule has 0 aromatic heterocycles. The number of carbonyl (C=O) groups is 1. The molecule has 6 heteroatoms. The minimum Gasteiger partial charge on any atom is -0.370 e. The van der Waals surface area contributed by atoms with Crippen molar-refractivity contribution in [3.8, 4) is 0 Å². The summed E-state index contributed by atoms with van der Waals surface area (Å²) in [5.41, 5.74) is -1.31. The molecule has 1 heterocycles. The summed E-state index contributed by atoms with van der Waals surface area (Å²) in [6.07, 6.45) is -5.65. The smallest absolute Gasteiger partial charge is 0.370 e. The van der Waals surface area contributed by atoms with Crippen molar-refractivity contribution in [1.82, 2.24) is 4.90 Å². The van der Waals surface area contributed by atoms with Gasteiger partial charge in [0.25, 0.3) is 5.91 Å². The molecule has 3 nitrogen and oxygen atoms in total. The number of alkyl halides is 3. The lowest BCUT2D eigenvalue weighted by molar-refractivity contribution is -0.139. The number of likely N-dealkylation sites (N-methyl/N-ethyl adjacent to an activating group) is 1. The molecular formula is C6H6F3NO2. The predicted octanol–water partition coefficient (Wildman–Crippen LogP) is 0.265. The van der Waals surface area contributed by atoms with Gasteiger partial charge in [0.15, 0.2) is 0 Å². The van der Waals surface area contributed by atoms with Gasteiger partial charge in [-0.05, 0) is 6.08 Å². The Kier molecular flexibility index (Phi) is 1.87. The fourth-order valence-electron chi connectivity index (χ4n) is 0.858. The number of amides is 1. The number of hydrogen-bond donors (Lipinski definition) is 1. The molecule has 1 amide bonds. The maximum atomic E-state index is 11.9. The molecule has 0 bridgehead atoms. The van der Waals surface area contributed by atoms with E-state index in [4.69, 9.17) is 5.11 Å². The van der Waals surface area contributed by atoms with E-state index >= 15 is 0 Å². The van der Waals surface area contributed by atoms with Crippen LogP contribution in [0.5, 0.6) is 0 Å². The van der Waals surface area contributed by atoms with Crippen LogP contribution in [0.2, 0.25) is 0 Å². The van der Waals surface area contributed by atoms with Gasteiger partial charge >= 0.3 is 6.18 Å². The van der Waals surface area contributed by atoms with Gasteiger partial charge in [0.05, 0.1) is 0 Å². The second kappa shape index (κ2) is 2.48. The molecule has 1 aliphatic rings. The summed E-state index contributed by atoms with van der Waals surface area (Å²) in [6.45, 7) is 0. The van der Waals surface area contributed by atoms with Gasteiger partial charge in [0.1, 0.15) is 11.8 Å². The highest BCUT2D eigenvalue weighted by molar-refractivity contribution is 5.97. The molecule has 0 spiro atoms. The minimum atomic E-state index is -4.68. The van der Waals surface area contributed by atoms with E-state index in [1.165, 1.54) is 0 Å². The van der Waals surface area contributed by atoms with Gasteiger partial charge in [0.2, 0.25) is 0 Å². The van der Waals surface area contributed by atoms with Crippen LogP contribution in [0, 0.1) is 0 Å². The number of halogens is 3. The lowest BCUT2D eigenvalue weighted by Gasteiger charge is -2.13. The van der Waals surface area contributed by atoms with E-state index in [-0.39, 0.29) is 0 Å². The first kappa shape index (κ1) is 9.05. The van der Waals surface area contributed by atoms with E-state index < -0.39 is 23.9 Å². The predicted molar refractivity (Wildman–Crippen MR) is 32.9 cm³/mol. The number of aliphatic hydroxyl groups excluding tert-OH is 1. The van der Waals surface area contributed by atoms with Crippen molar-refractivity contribution in [1.29, 1.82) is 0 Å². The van der Waals surface area contributed by atoms with E-state index in [0.29, 0.717) is 11.0 Å². The molecule has 1 unspecified atom stereocenters. The monoisotopic (exact) mass is 181 g/mol. The van der Waals surface area contributed by atoms with Crippen molar-refractivity contribution in [3.05, 3.63) is 11.6 Å². The van der Waals surface area contributed by atoms with Gasteiger partial charge in [-0.2, -0.15) is 13.2 Å². The summed E-state index contributed by atoms with van der Waals surface area (Å²) >= 11 is 0. The third-order valence-corrected chi connectivity index (χ3v) is 1.57. The van der Waals surface area contributed by atoms with E-state index in [0.717, 1.165) is 7.05 Å². The molecule has 1 rings (SSSR count). The maximum absolute atomic E-state index is 11.9. The molecule has 0 radical (unpaired) electrons. The number of carbonyl (C=O) groups excluding carboxylic acids is 1. The molecule has 0 aromatic rings. The second-order valence-electron chi connectivity index (χ2n) is 2.41. The second-order valence-corrected chi connectivity index (χ2v) is 2.41. The molecular weight excluding hydrogens is 175 g/mol. The third kappa shape index (κ3) is 1.29. The standard InChI is InChI=1S/C6H6F3NO2/c1-10-4(11)2-3(5(10)12)6(7,8)9/h2,4,11H,1H3. The van der Waals surface area contributed by atoms with Crippen molar-refractivity contribution in [2.75, 3.05) is 7.05 Å². The van der Waals surface area contributed by atoms with Crippen molar-refractivity contribution in [2.45, 2.75) is 12.4 Å². The van der Waals surface area contributed by atoms with Crippen molar-refractivity contribution >= 4 is 5.91 Å². The van der Waals surface area contributed by atoms with E-state index in [9.17, 15) is 18.0 Å². The van der Waals surface area contributed by atoms with Gasteiger partial charge in [0, 0.05) is 7.05 Å². The lowest BCUT2D eigenvalue weighted by Crippen LogP contribution is -2.32. The van der Waals surface area contributed by atoms with Crippen LogP contribution < -0.4 is 0 Å². The van der Waals surface area contributed by atoms with Gasteiger partial charge in [-0.25, -0.2) is 0 Å². The molecule has 1 aliphatic heterocycles. The quantitative estimate of drug-likeness (QED) is 0.582. The third-order valence-electron chi connectivity index (χ3n) is 1.57. The van der Waals surface area contributed by atoms with E-state index in [1.807, 2.05) is 0 Å². The zero-order chi connectivity index (χ0) is 9.52. The SMILES string of the molecule is CN1C(=O)C(C(F)(F)F)=CC1O. The first-order chi connectivity index (χ1) is 5.34. The van der Waals surface area contributed by atoms with E-state index in [2.05, 4.69) is 0 Å². The van der Waals surface area contributed by atoms with Crippen LogP contribution in [0.4, 0.5) is 13.2 Å². The lowest BCUT2D eigenvalue weighted by atomic mass is 10.2. The van der Waals surface area contributed by atoms with Crippen LogP contribution in [0.1, 0.15) is 0 Å². The zero-order valence-electron chi connectivity index (χ0n) is 6.09. The van der Waals surface area contributed by atoms with Crippen LogP contribution in [-0.2, 0) is 4.79 Å². The van der Waals surface area contributed by atoms with Crippen LogP contribution in [0.15, 0.2) is 11.6 Å². The Morgan fingerprint density at radius 1 is 1.58 bits per heavy atom. The summed E-state index contributed by atoms with van der Waals surface area (Å²) in [5.74, 6) is -1.20. The Bertz CT molecular complexity index is 246. The summed E-state index contributed by atoms with van der Waals surface area (Å²) in [6, 6.07) is 0. The Morgan fingerprint density at radius 2 is 2.08 bits per heavy atom. The molecule has 0 saturated carbocycles. The van der Waals surface area contributed by atoms with Crippen molar-refractivity contribution in [3.63, 3.8) is 0 Å². The number of aliphatic hydroxyl groups is 1. The first-order valence-corrected chi connectivity index (χ1v) is 3.08. The summed E-state index contributed by atoms with van der Waals surface area (Å²) in [4.78, 5) is 11.4. The first-order valence-electron chi connectivity index (χ1n) is 3.08. The van der Waals surface area contributed by atoms with Gasteiger partial charge in [-0.3, -0.25) is 4.79 Å². The average molecular weight is 181 g/mol. The number of hydrogen-bond acceptors (Lipinski definition) is 2. The van der Waals surface area contributed by atoms with Crippen LogP contribution in [0.3, 0.4) is 0 Å². The van der Waals surface area contributed by atoms with Crippen molar-refractivity contribution in [2.24, 2.45) is 0 Å². The van der Waals surface area contributed by atoms with E-state index in [1.54, 1.807) is 0 Å². The molecule has 12 heavy (non-hydrogen) atoms. The topological polar surface area (TPSA) is 40.5 Å². The van der Waals surface area contributed by atoms with Crippen LogP contribution >= 0.6 is 0 Å². The molecule has 0 aliphatic carbocycles. The highest BCUT2D eigenvalue weighted by Gasteiger charge is 2.44. The fraction of sp³-hybridized carbons (Fsp3) is 0.500. The maximum Gasteiger partial charge on any atom is 0.421 e. The minimum absolute atomic E-state index is 0.488. The summed E-state index contributed by atoms with van der Waals surface area (Å²) in [5, 5.41) is 8.83. The van der Waals surface area contributed by atoms with Gasteiger partial charge in [-0.15, -0.1) is 0 Å². The van der Waals surface area contributed by atoms with Crippen LogP contribution in [-0.4, -0.2) is 35.4 Å². The number of rotatable bonds is 0. The zero-order valence-corrected chi connectivity index (χ0v) is 6.09. The Hall–Kier alpha value is -1.04. The largest absolute Gasteiger partial charge is 0.421 e. The Balaban J connectivity index is 2.95. The summed E-state index contributed by atoms with van der Waals surface area (Å²) < 4.78 is 35.8. The molecule has 0 fully saturated rings. The normalized spacial score (nSPS) is 24.8. The fourth-order valence-corrected chi connectivity index (χ4v) is 0.858. The van der Waals surface area contributed by atoms with Gasteiger partial charge in [-0.1, -0.05) is 0 Å². The Labute approximate surface area is 66.1 Å².